The molecule has 3 aromatic rings. The van der Waals surface area contributed by atoms with Gasteiger partial charge in [-0.25, -0.2) is 18.4 Å². The highest BCUT2D eigenvalue weighted by Gasteiger charge is 2.38. The van der Waals surface area contributed by atoms with Gasteiger partial charge in [-0.3, -0.25) is 0 Å². The molecular weight excluding hydrogens is 449 g/mol. The minimum Gasteiger partial charge on any atom is -0.503 e. The zero-order chi connectivity index (χ0) is 24.1. The van der Waals surface area contributed by atoms with Crippen LogP contribution in [-0.2, 0) is 18.0 Å². The number of alkyl halides is 3. The van der Waals surface area contributed by atoms with Gasteiger partial charge in [-0.05, 0) is 32.8 Å². The molecule has 1 aliphatic rings. The lowest BCUT2D eigenvalue weighted by Gasteiger charge is -2.32. The fourth-order valence-electron chi connectivity index (χ4n) is 3.96. The molecule has 0 spiro atoms. The van der Waals surface area contributed by atoms with Gasteiger partial charge in [0.15, 0.2) is 23.0 Å². The lowest BCUT2D eigenvalue weighted by Crippen LogP contribution is -2.38. The summed E-state index contributed by atoms with van der Waals surface area (Å²) in [7, 11) is 1.50. The number of fused-ring (bicyclic) bond motifs is 1. The normalized spacial score (nSPS) is 15.7. The van der Waals surface area contributed by atoms with Crippen molar-refractivity contribution in [2.45, 2.75) is 45.1 Å². The average molecular weight is 471 g/mol. The molecule has 0 radical (unpaired) electrons. The molecule has 0 saturated carbocycles. The van der Waals surface area contributed by atoms with Crippen molar-refractivity contribution in [1.82, 2.24) is 19.7 Å². The number of phenolic OH excluding ortho intramolecular Hbond substituents is 1. The predicted octanol–water partition coefficient (Wildman–Crippen LogP) is 4.43. The number of benzene rings is 1. The summed E-state index contributed by atoms with van der Waals surface area (Å²) in [4.78, 5) is 10.7. The van der Waals surface area contributed by atoms with Crippen LogP contribution < -0.4 is 4.90 Å². The summed E-state index contributed by atoms with van der Waals surface area (Å²) >= 11 is 0. The Kier molecular flexibility index (Phi) is 5.89. The molecule has 33 heavy (non-hydrogen) atoms. The number of aromatic nitrogens is 4. The zero-order valence-electron chi connectivity index (χ0n) is 18.1. The van der Waals surface area contributed by atoms with Gasteiger partial charge in [-0.1, -0.05) is 0 Å². The number of aryl methyl sites for hydroxylation is 1. The number of halogens is 5. The van der Waals surface area contributed by atoms with Crippen LogP contribution in [0.25, 0.3) is 22.3 Å². The number of aromatic hydroxyl groups is 1. The Morgan fingerprint density at radius 2 is 1.82 bits per heavy atom. The smallest absolute Gasteiger partial charge is 0.419 e. The summed E-state index contributed by atoms with van der Waals surface area (Å²) in [6.07, 6.45) is -1.95. The van der Waals surface area contributed by atoms with E-state index in [2.05, 4.69) is 15.1 Å². The average Bonchev–Trinajstić information content (AvgIpc) is 3.07. The van der Waals surface area contributed by atoms with E-state index in [4.69, 9.17) is 4.74 Å². The van der Waals surface area contributed by atoms with Gasteiger partial charge >= 0.3 is 6.18 Å². The van der Waals surface area contributed by atoms with Gasteiger partial charge in [0.05, 0.1) is 23.2 Å². The van der Waals surface area contributed by atoms with E-state index in [1.807, 2.05) is 18.7 Å². The van der Waals surface area contributed by atoms with Crippen molar-refractivity contribution in [3.05, 3.63) is 29.5 Å². The third-order valence-corrected chi connectivity index (χ3v) is 5.49. The number of phenols is 1. The van der Waals surface area contributed by atoms with Crippen molar-refractivity contribution in [2.75, 3.05) is 18.0 Å². The van der Waals surface area contributed by atoms with E-state index >= 15 is 0 Å². The summed E-state index contributed by atoms with van der Waals surface area (Å²) in [5, 5.41) is 13.9. The molecule has 0 bridgehead atoms. The van der Waals surface area contributed by atoms with Crippen molar-refractivity contribution in [3.8, 4) is 17.0 Å². The Morgan fingerprint density at radius 1 is 1.15 bits per heavy atom. The molecule has 0 atom stereocenters. The quantitative estimate of drug-likeness (QED) is 0.568. The largest absolute Gasteiger partial charge is 0.503 e. The molecule has 3 heterocycles. The molecule has 1 aromatic carbocycles. The molecule has 0 unspecified atom stereocenters. The van der Waals surface area contributed by atoms with Gasteiger partial charge < -0.3 is 14.7 Å². The first-order valence-electron chi connectivity index (χ1n) is 10.4. The van der Waals surface area contributed by atoms with Gasteiger partial charge in [-0.15, -0.1) is 0 Å². The molecule has 1 N–H and O–H groups in total. The lowest BCUT2D eigenvalue weighted by atomic mass is 10.0. The molecule has 12 heteroatoms. The maximum Gasteiger partial charge on any atom is 0.419 e. The van der Waals surface area contributed by atoms with E-state index in [0.29, 0.717) is 25.1 Å². The first-order valence-corrected chi connectivity index (χ1v) is 10.4. The summed E-state index contributed by atoms with van der Waals surface area (Å²) in [6.45, 7) is 5.27. The van der Waals surface area contributed by atoms with Gasteiger partial charge in [0.25, 0.3) is 0 Å². The summed E-state index contributed by atoms with van der Waals surface area (Å²) in [5.41, 5.74) is -2.47. The number of hydrogen-bond acceptors (Lipinski definition) is 6. The van der Waals surface area contributed by atoms with Crippen molar-refractivity contribution >= 4 is 17.0 Å². The van der Waals surface area contributed by atoms with Crippen molar-refractivity contribution < 1.29 is 31.8 Å². The second-order valence-electron chi connectivity index (χ2n) is 8.20. The van der Waals surface area contributed by atoms with E-state index in [-0.39, 0.29) is 28.9 Å². The fourth-order valence-corrected chi connectivity index (χ4v) is 3.96. The molecule has 7 nitrogen and oxygen atoms in total. The topological polar surface area (TPSA) is 76.3 Å². The number of nitrogens with zero attached hydrogens (tertiary/aromatic N) is 5. The Morgan fingerprint density at radius 3 is 2.42 bits per heavy atom. The van der Waals surface area contributed by atoms with Gasteiger partial charge in [-0.2, -0.15) is 23.3 Å². The second-order valence-corrected chi connectivity index (χ2v) is 8.20. The minimum absolute atomic E-state index is 0.131. The Hall–Kier alpha value is -3.02. The molecule has 1 fully saturated rings. The van der Waals surface area contributed by atoms with Crippen LogP contribution in [0.15, 0.2) is 12.3 Å². The van der Waals surface area contributed by atoms with Crippen LogP contribution in [0, 0.1) is 11.6 Å². The highest BCUT2D eigenvalue weighted by Crippen LogP contribution is 2.41. The number of piperidine rings is 1. The molecule has 2 aromatic heterocycles. The summed E-state index contributed by atoms with van der Waals surface area (Å²) in [6, 6.07) is 0.291. The van der Waals surface area contributed by atoms with E-state index in [0.717, 1.165) is 12.8 Å². The SMILES string of the molecule is CC(C)OC1CCN(c2ncc3c(-c4cc(C(F)(F)F)c(F)c(O)c4F)nn(C)c3n2)CC1. The maximum absolute atomic E-state index is 14.6. The van der Waals surface area contributed by atoms with E-state index in [9.17, 15) is 27.1 Å². The van der Waals surface area contributed by atoms with Crippen LogP contribution in [0.5, 0.6) is 5.75 Å². The van der Waals surface area contributed by atoms with Crippen molar-refractivity contribution in [1.29, 1.82) is 0 Å². The van der Waals surface area contributed by atoms with E-state index in [1.165, 1.54) is 17.9 Å². The maximum atomic E-state index is 14.6. The number of ether oxygens (including phenoxy) is 1. The molecule has 1 saturated heterocycles. The summed E-state index contributed by atoms with van der Waals surface area (Å²) < 4.78 is 75.1. The molecule has 4 rings (SSSR count). The highest BCUT2D eigenvalue weighted by molar-refractivity contribution is 5.91. The van der Waals surface area contributed by atoms with Crippen LogP contribution in [0.4, 0.5) is 27.9 Å². The molecular formula is C21H22F5N5O2. The van der Waals surface area contributed by atoms with Crippen molar-refractivity contribution in [3.63, 3.8) is 0 Å². The van der Waals surface area contributed by atoms with Gasteiger partial charge in [0.1, 0.15) is 5.69 Å². The molecule has 0 amide bonds. The lowest BCUT2D eigenvalue weighted by molar-refractivity contribution is -0.140. The van der Waals surface area contributed by atoms with Crippen LogP contribution >= 0.6 is 0 Å². The Bertz CT molecular complexity index is 1190. The Balaban J connectivity index is 1.71. The first-order chi connectivity index (χ1) is 15.5. The molecule has 0 aliphatic carbocycles. The number of hydrogen-bond donors (Lipinski definition) is 1. The highest BCUT2D eigenvalue weighted by atomic mass is 19.4. The monoisotopic (exact) mass is 471 g/mol. The van der Waals surface area contributed by atoms with Gasteiger partial charge in [0, 0.05) is 31.9 Å². The standard InChI is InChI=1S/C21H22F5N5O2/c1-10(2)33-11-4-6-31(7-5-11)20-27-9-13-17(29-30(3)19(13)28-20)12-8-14(21(24,25)26)16(23)18(32)15(12)22/h8-11,32H,4-7H2,1-3H3. The van der Waals surface area contributed by atoms with Crippen LogP contribution in [0.2, 0.25) is 0 Å². The second kappa shape index (κ2) is 8.40. The number of rotatable bonds is 4. The van der Waals surface area contributed by atoms with Crippen LogP contribution in [0.1, 0.15) is 32.3 Å². The predicted molar refractivity (Wildman–Crippen MR) is 110 cm³/mol. The Labute approximate surface area is 185 Å². The zero-order valence-corrected chi connectivity index (χ0v) is 18.1. The minimum atomic E-state index is -5.14. The van der Waals surface area contributed by atoms with Crippen molar-refractivity contribution in [2.24, 2.45) is 7.05 Å². The fraction of sp³-hybridized carbons (Fsp3) is 0.476. The van der Waals surface area contributed by atoms with Crippen LogP contribution in [-0.4, -0.2) is 50.2 Å². The molecule has 1 aliphatic heterocycles. The third kappa shape index (κ3) is 4.31. The van der Waals surface area contributed by atoms with Crippen LogP contribution in [0.3, 0.4) is 0 Å². The van der Waals surface area contributed by atoms with Gasteiger partial charge in [0.2, 0.25) is 5.95 Å². The number of anilines is 1. The third-order valence-electron chi connectivity index (χ3n) is 5.49. The van der Waals surface area contributed by atoms with E-state index in [1.54, 1.807) is 0 Å². The van der Waals surface area contributed by atoms with E-state index < -0.39 is 34.7 Å². The summed E-state index contributed by atoms with van der Waals surface area (Å²) in [5.74, 6) is -4.94. The molecule has 178 valence electrons. The first kappa shape index (κ1) is 23.1.